The molecule has 1 atom stereocenters. The second-order valence-electron chi connectivity index (χ2n) is 4.57. The van der Waals surface area contributed by atoms with Crippen LogP contribution in [0.15, 0.2) is 29.2 Å². The highest BCUT2D eigenvalue weighted by atomic mass is 32.2. The zero-order valence-electron chi connectivity index (χ0n) is 9.76. The minimum absolute atomic E-state index is 0.0981. The Bertz CT molecular complexity index is 477. The van der Waals surface area contributed by atoms with Crippen LogP contribution >= 0.6 is 0 Å². The van der Waals surface area contributed by atoms with Crippen LogP contribution in [0.3, 0.4) is 0 Å². The van der Waals surface area contributed by atoms with E-state index in [-0.39, 0.29) is 17.4 Å². The van der Waals surface area contributed by atoms with Gasteiger partial charge in [0.05, 0.1) is 11.0 Å². The average Bonchev–Trinajstić information content (AvgIpc) is 3.10. The number of aliphatic hydroxyl groups is 1. The summed E-state index contributed by atoms with van der Waals surface area (Å²) in [5, 5.41) is 9.62. The first kappa shape index (κ1) is 12.5. The Morgan fingerprint density at radius 3 is 2.47 bits per heavy atom. The zero-order chi connectivity index (χ0) is 12.5. The van der Waals surface area contributed by atoms with E-state index in [0.717, 1.165) is 18.4 Å². The zero-order valence-corrected chi connectivity index (χ0v) is 10.6. The molecule has 94 valence electrons. The summed E-state index contributed by atoms with van der Waals surface area (Å²) in [6, 6.07) is 6.65. The van der Waals surface area contributed by atoms with Crippen molar-refractivity contribution in [1.82, 2.24) is 4.72 Å². The first-order valence-electron chi connectivity index (χ1n) is 5.73. The first-order valence-corrected chi connectivity index (χ1v) is 7.22. The van der Waals surface area contributed by atoms with Crippen molar-refractivity contribution in [2.45, 2.75) is 30.8 Å². The lowest BCUT2D eigenvalue weighted by Gasteiger charge is -2.11. The number of rotatable bonds is 5. The number of aliphatic hydroxyl groups excluding tert-OH is 1. The van der Waals surface area contributed by atoms with E-state index in [0.29, 0.717) is 0 Å². The topological polar surface area (TPSA) is 66.4 Å². The summed E-state index contributed by atoms with van der Waals surface area (Å²) in [6.07, 6.45) is 1.43. The number of nitrogens with one attached hydrogen (secondary N) is 1. The highest BCUT2D eigenvalue weighted by molar-refractivity contribution is 7.89. The molecule has 1 aromatic carbocycles. The molecule has 0 amide bonds. The molecule has 1 unspecified atom stereocenters. The molecular weight excluding hydrogens is 238 g/mol. The van der Waals surface area contributed by atoms with E-state index in [1.54, 1.807) is 24.3 Å². The molecule has 0 radical (unpaired) electrons. The van der Waals surface area contributed by atoms with Crippen molar-refractivity contribution in [1.29, 1.82) is 0 Å². The van der Waals surface area contributed by atoms with Crippen molar-refractivity contribution in [3.05, 3.63) is 29.8 Å². The van der Waals surface area contributed by atoms with E-state index in [4.69, 9.17) is 0 Å². The molecule has 0 spiro atoms. The molecular formula is C12H17NO3S. The van der Waals surface area contributed by atoms with E-state index in [1.165, 1.54) is 0 Å². The third kappa shape index (κ3) is 3.28. The predicted molar refractivity (Wildman–Crippen MR) is 65.1 cm³/mol. The van der Waals surface area contributed by atoms with E-state index in [2.05, 4.69) is 4.72 Å². The lowest BCUT2D eigenvalue weighted by molar-refractivity contribution is 0.155. The van der Waals surface area contributed by atoms with E-state index >= 15 is 0 Å². The van der Waals surface area contributed by atoms with Crippen LogP contribution in [0.1, 0.15) is 18.4 Å². The monoisotopic (exact) mass is 255 g/mol. The minimum Gasteiger partial charge on any atom is -0.391 e. The maximum Gasteiger partial charge on any atom is 0.240 e. The van der Waals surface area contributed by atoms with Crippen molar-refractivity contribution in [2.24, 2.45) is 5.92 Å². The van der Waals surface area contributed by atoms with Gasteiger partial charge in [-0.2, -0.15) is 0 Å². The molecule has 0 aromatic heterocycles. The quantitative estimate of drug-likeness (QED) is 0.826. The van der Waals surface area contributed by atoms with Gasteiger partial charge in [0.2, 0.25) is 10.0 Å². The fourth-order valence-corrected chi connectivity index (χ4v) is 2.69. The Hall–Kier alpha value is -0.910. The van der Waals surface area contributed by atoms with Crippen LogP contribution in [0.5, 0.6) is 0 Å². The van der Waals surface area contributed by atoms with Gasteiger partial charge >= 0.3 is 0 Å². The van der Waals surface area contributed by atoms with Gasteiger partial charge in [0.25, 0.3) is 0 Å². The molecule has 0 bridgehead atoms. The van der Waals surface area contributed by atoms with Crippen LogP contribution in [-0.2, 0) is 10.0 Å². The van der Waals surface area contributed by atoms with Gasteiger partial charge in [0.1, 0.15) is 0 Å². The van der Waals surface area contributed by atoms with E-state index in [9.17, 15) is 13.5 Å². The Morgan fingerprint density at radius 1 is 1.35 bits per heavy atom. The molecule has 1 aromatic rings. The second kappa shape index (κ2) is 4.76. The lowest BCUT2D eigenvalue weighted by atomic mass is 10.2. The molecule has 1 aliphatic carbocycles. The normalized spacial score (nSPS) is 18.0. The molecule has 1 aliphatic rings. The van der Waals surface area contributed by atoms with Crippen LogP contribution < -0.4 is 4.72 Å². The van der Waals surface area contributed by atoms with Crippen LogP contribution in [0, 0.1) is 12.8 Å². The summed E-state index contributed by atoms with van der Waals surface area (Å²) < 4.78 is 26.2. The van der Waals surface area contributed by atoms with Crippen LogP contribution in [-0.4, -0.2) is 26.2 Å². The lowest BCUT2D eigenvalue weighted by Crippen LogP contribution is -2.33. The van der Waals surface area contributed by atoms with Gasteiger partial charge in [-0.1, -0.05) is 17.7 Å². The highest BCUT2D eigenvalue weighted by Crippen LogP contribution is 2.32. The summed E-state index contributed by atoms with van der Waals surface area (Å²) in [4.78, 5) is 0.242. The van der Waals surface area contributed by atoms with Crippen LogP contribution in [0.4, 0.5) is 0 Å². The molecule has 17 heavy (non-hydrogen) atoms. The van der Waals surface area contributed by atoms with E-state index in [1.807, 2.05) is 6.92 Å². The number of aryl methyl sites for hydroxylation is 1. The van der Waals surface area contributed by atoms with Gasteiger partial charge in [0.15, 0.2) is 0 Å². The number of hydrogen-bond acceptors (Lipinski definition) is 3. The van der Waals surface area contributed by atoms with E-state index < -0.39 is 16.1 Å². The van der Waals surface area contributed by atoms with Crippen molar-refractivity contribution >= 4 is 10.0 Å². The Morgan fingerprint density at radius 2 is 1.94 bits per heavy atom. The van der Waals surface area contributed by atoms with Crippen molar-refractivity contribution < 1.29 is 13.5 Å². The fraction of sp³-hybridized carbons (Fsp3) is 0.500. The predicted octanol–water partition coefficient (Wildman–Crippen LogP) is 1.04. The van der Waals surface area contributed by atoms with Crippen molar-refractivity contribution in [3.63, 3.8) is 0 Å². The van der Waals surface area contributed by atoms with Crippen LogP contribution in [0.2, 0.25) is 0 Å². The maximum atomic E-state index is 11.9. The highest BCUT2D eigenvalue weighted by Gasteiger charge is 2.30. The summed E-state index contributed by atoms with van der Waals surface area (Å²) in [5.74, 6) is 0.274. The summed E-state index contributed by atoms with van der Waals surface area (Å²) in [5.41, 5.74) is 1.02. The minimum atomic E-state index is -3.49. The number of sulfonamides is 1. The summed E-state index contributed by atoms with van der Waals surface area (Å²) in [7, 11) is -3.49. The molecule has 4 nitrogen and oxygen atoms in total. The van der Waals surface area contributed by atoms with Gasteiger partial charge in [-0.15, -0.1) is 0 Å². The Kier molecular flexibility index (Phi) is 3.51. The summed E-state index contributed by atoms with van der Waals surface area (Å²) >= 11 is 0. The third-order valence-corrected chi connectivity index (χ3v) is 4.42. The van der Waals surface area contributed by atoms with Gasteiger partial charge < -0.3 is 5.11 Å². The number of hydrogen-bond donors (Lipinski definition) is 2. The largest absolute Gasteiger partial charge is 0.391 e. The molecule has 0 saturated heterocycles. The van der Waals surface area contributed by atoms with Gasteiger partial charge in [-0.25, -0.2) is 13.1 Å². The van der Waals surface area contributed by atoms with Gasteiger partial charge in [-0.05, 0) is 37.8 Å². The SMILES string of the molecule is Cc1ccc(S(=O)(=O)NCC(O)C2CC2)cc1. The molecule has 0 aliphatic heterocycles. The standard InChI is InChI=1S/C12H17NO3S/c1-9-2-6-11(7-3-9)17(15,16)13-8-12(14)10-4-5-10/h2-3,6-7,10,12-14H,4-5,8H2,1H3. The van der Waals surface area contributed by atoms with Crippen molar-refractivity contribution in [3.8, 4) is 0 Å². The summed E-state index contributed by atoms with van der Waals surface area (Å²) in [6.45, 7) is 2.00. The number of benzene rings is 1. The van der Waals surface area contributed by atoms with Gasteiger partial charge in [-0.3, -0.25) is 0 Å². The first-order chi connectivity index (χ1) is 7.99. The molecule has 1 saturated carbocycles. The fourth-order valence-electron chi connectivity index (χ4n) is 1.64. The molecule has 0 heterocycles. The average molecular weight is 255 g/mol. The molecule has 1 fully saturated rings. The molecule has 2 rings (SSSR count). The second-order valence-corrected chi connectivity index (χ2v) is 6.34. The smallest absolute Gasteiger partial charge is 0.240 e. The Balaban J connectivity index is 2.00. The maximum absolute atomic E-state index is 11.9. The van der Waals surface area contributed by atoms with Crippen molar-refractivity contribution in [2.75, 3.05) is 6.54 Å². The third-order valence-electron chi connectivity index (χ3n) is 2.98. The molecule has 2 N–H and O–H groups in total. The Labute approximate surface area is 102 Å². The molecule has 5 heteroatoms. The van der Waals surface area contributed by atoms with Gasteiger partial charge in [0, 0.05) is 6.54 Å². The van der Waals surface area contributed by atoms with Crippen LogP contribution in [0.25, 0.3) is 0 Å².